The molecule has 1 saturated heterocycles. The van der Waals surface area contributed by atoms with Crippen molar-refractivity contribution in [3.63, 3.8) is 0 Å². The normalized spacial score (nSPS) is 23.4. The van der Waals surface area contributed by atoms with Crippen molar-refractivity contribution >= 4 is 5.91 Å². The zero-order valence-corrected chi connectivity index (χ0v) is 19.2. The molecule has 0 aliphatic carbocycles. The lowest BCUT2D eigenvalue weighted by Crippen LogP contribution is -2.46. The Morgan fingerprint density at radius 2 is 2.00 bits per heavy atom. The number of fused-ring (bicyclic) bond motifs is 3. The lowest BCUT2D eigenvalue weighted by atomic mass is 9.88. The monoisotopic (exact) mass is 460 g/mol. The molecule has 4 atom stereocenters. The van der Waals surface area contributed by atoms with Gasteiger partial charge in [0.25, 0.3) is 5.56 Å². The van der Waals surface area contributed by atoms with Crippen molar-refractivity contribution in [1.29, 1.82) is 0 Å². The molecule has 8 nitrogen and oxygen atoms in total. The van der Waals surface area contributed by atoms with Gasteiger partial charge < -0.3 is 19.7 Å². The van der Waals surface area contributed by atoms with E-state index in [0.29, 0.717) is 18.7 Å². The summed E-state index contributed by atoms with van der Waals surface area (Å²) in [5, 5.41) is 13.3. The molecule has 1 fully saturated rings. The Kier molecular flexibility index (Phi) is 5.93. The Labute approximate surface area is 197 Å². The summed E-state index contributed by atoms with van der Waals surface area (Å²) in [4.78, 5) is 32.6. The third-order valence-electron chi connectivity index (χ3n) is 7.21. The highest BCUT2D eigenvalue weighted by Gasteiger charge is 2.54. The van der Waals surface area contributed by atoms with E-state index >= 15 is 0 Å². The molecule has 0 bridgehead atoms. The minimum absolute atomic E-state index is 0.0250. The number of benzene rings is 1. The number of likely N-dealkylation sites (tertiary alicyclic amines) is 1. The molecule has 2 aliphatic heterocycles. The van der Waals surface area contributed by atoms with Gasteiger partial charge in [-0.3, -0.25) is 19.5 Å². The number of hydrogen-bond acceptors (Lipinski definition) is 6. The van der Waals surface area contributed by atoms with Crippen LogP contribution in [0.1, 0.15) is 17.3 Å². The van der Waals surface area contributed by atoms with E-state index in [9.17, 15) is 14.7 Å². The number of likely N-dealkylation sites (N-methyl/N-ethyl adjacent to an activating group) is 1. The Morgan fingerprint density at radius 1 is 1.21 bits per heavy atom. The first-order valence-corrected chi connectivity index (χ1v) is 11.4. The maximum Gasteiger partial charge on any atom is 0.258 e. The first-order chi connectivity index (χ1) is 16.5. The Balaban J connectivity index is 1.39. The fourth-order valence-corrected chi connectivity index (χ4v) is 5.60. The van der Waals surface area contributed by atoms with Crippen LogP contribution >= 0.6 is 0 Å². The van der Waals surface area contributed by atoms with E-state index < -0.39 is 6.04 Å². The molecular weight excluding hydrogens is 432 g/mol. The van der Waals surface area contributed by atoms with Gasteiger partial charge in [-0.15, -0.1) is 0 Å². The van der Waals surface area contributed by atoms with Crippen LogP contribution in [-0.4, -0.2) is 52.3 Å². The number of ether oxygens (including phenoxy) is 1. The number of aliphatic hydroxyl groups excluding tert-OH is 1. The molecule has 2 N–H and O–H groups in total. The van der Waals surface area contributed by atoms with E-state index in [2.05, 4.69) is 10.3 Å². The number of amides is 1. The summed E-state index contributed by atoms with van der Waals surface area (Å²) >= 11 is 0. The van der Waals surface area contributed by atoms with Crippen LogP contribution in [0.2, 0.25) is 0 Å². The van der Waals surface area contributed by atoms with E-state index in [-0.39, 0.29) is 36.0 Å². The van der Waals surface area contributed by atoms with Crippen LogP contribution in [0.25, 0.3) is 11.1 Å². The molecule has 0 unspecified atom stereocenters. The van der Waals surface area contributed by atoms with Crippen LogP contribution in [0.5, 0.6) is 5.75 Å². The third kappa shape index (κ3) is 3.69. The first kappa shape index (κ1) is 22.3. The molecule has 2 aromatic heterocycles. The molecule has 1 amide bonds. The number of nitrogens with one attached hydrogen (secondary N) is 1. The van der Waals surface area contributed by atoms with Crippen molar-refractivity contribution in [2.24, 2.45) is 11.8 Å². The number of methoxy groups -OCH3 is 1. The van der Waals surface area contributed by atoms with E-state index in [1.807, 2.05) is 60.5 Å². The molecule has 0 spiro atoms. The predicted octanol–water partition coefficient (Wildman–Crippen LogP) is 1.83. The third-order valence-corrected chi connectivity index (χ3v) is 7.21. The average molecular weight is 461 g/mol. The summed E-state index contributed by atoms with van der Waals surface area (Å²) in [6, 6.07) is 14.5. The van der Waals surface area contributed by atoms with Gasteiger partial charge in [0.2, 0.25) is 5.91 Å². The fourth-order valence-electron chi connectivity index (χ4n) is 5.60. The summed E-state index contributed by atoms with van der Waals surface area (Å²) < 4.78 is 7.06. The smallest absolute Gasteiger partial charge is 0.258 e. The average Bonchev–Trinajstić information content (AvgIpc) is 3.38. The van der Waals surface area contributed by atoms with Crippen molar-refractivity contribution in [1.82, 2.24) is 19.8 Å². The van der Waals surface area contributed by atoms with Crippen LogP contribution in [0.15, 0.2) is 65.7 Å². The van der Waals surface area contributed by atoms with Gasteiger partial charge in [-0.1, -0.05) is 12.1 Å². The Hall–Kier alpha value is -3.49. The van der Waals surface area contributed by atoms with Crippen LogP contribution < -0.4 is 15.6 Å². The molecule has 176 valence electrons. The molecule has 0 saturated carbocycles. The first-order valence-electron chi connectivity index (χ1n) is 11.4. The zero-order chi connectivity index (χ0) is 23.8. The van der Waals surface area contributed by atoms with Gasteiger partial charge in [0, 0.05) is 55.2 Å². The van der Waals surface area contributed by atoms with Gasteiger partial charge in [-0.2, -0.15) is 0 Å². The number of carbonyl (C=O) groups is 1. The molecule has 3 aromatic rings. The minimum atomic E-state index is -0.477. The van der Waals surface area contributed by atoms with Gasteiger partial charge in [0.05, 0.1) is 19.2 Å². The molecule has 8 heteroatoms. The number of hydrogen-bond donors (Lipinski definition) is 2. The second-order valence-electron chi connectivity index (χ2n) is 8.96. The quantitative estimate of drug-likeness (QED) is 0.583. The largest absolute Gasteiger partial charge is 0.497 e. The Morgan fingerprint density at radius 3 is 2.74 bits per heavy atom. The van der Waals surface area contributed by atoms with Crippen molar-refractivity contribution in [3.05, 3.63) is 82.5 Å². The maximum atomic E-state index is 13.3. The predicted molar refractivity (Wildman–Crippen MR) is 127 cm³/mol. The van der Waals surface area contributed by atoms with Gasteiger partial charge in [0.15, 0.2) is 0 Å². The summed E-state index contributed by atoms with van der Waals surface area (Å²) in [5.74, 6) is 0.314. The van der Waals surface area contributed by atoms with Gasteiger partial charge in [-0.25, -0.2) is 0 Å². The number of aliphatic hydroxyl groups is 1. The molecule has 4 heterocycles. The minimum Gasteiger partial charge on any atom is -0.497 e. The highest BCUT2D eigenvalue weighted by molar-refractivity contribution is 5.82. The number of aromatic nitrogens is 2. The zero-order valence-electron chi connectivity index (χ0n) is 19.2. The second-order valence-corrected chi connectivity index (χ2v) is 8.96. The van der Waals surface area contributed by atoms with Crippen LogP contribution in [-0.2, 0) is 17.9 Å². The summed E-state index contributed by atoms with van der Waals surface area (Å²) in [7, 11) is 3.51. The number of nitrogens with zero attached hydrogens (tertiary/aromatic N) is 3. The molecule has 0 radical (unpaired) electrons. The maximum absolute atomic E-state index is 13.3. The number of pyridine rings is 2. The molecule has 5 rings (SSSR count). The second kappa shape index (κ2) is 9.04. The molecule has 34 heavy (non-hydrogen) atoms. The van der Waals surface area contributed by atoms with E-state index in [4.69, 9.17) is 4.74 Å². The van der Waals surface area contributed by atoms with Gasteiger partial charge >= 0.3 is 0 Å². The highest BCUT2D eigenvalue weighted by Crippen LogP contribution is 2.48. The van der Waals surface area contributed by atoms with Gasteiger partial charge in [-0.05, 0) is 54.6 Å². The van der Waals surface area contributed by atoms with E-state index in [1.165, 1.54) is 0 Å². The van der Waals surface area contributed by atoms with Crippen molar-refractivity contribution in [2.45, 2.75) is 25.2 Å². The summed E-state index contributed by atoms with van der Waals surface area (Å²) in [6.45, 7) is 0.731. The van der Waals surface area contributed by atoms with E-state index in [0.717, 1.165) is 22.6 Å². The molecule has 2 aliphatic rings. The lowest BCUT2D eigenvalue weighted by Gasteiger charge is -2.27. The number of carbonyl (C=O) groups excluding carboxylic acids is 1. The standard InChI is InChI=1S/C26H28N4O4/c1-29-23-20(14-30-22(23)7-6-19(26(30)33)17-8-10-27-11-9-17)21(15-31)24(29)25(32)28-13-16-4-3-5-18(12-16)34-2/h3-12,20-21,23-24,31H,13-15H2,1-2H3,(H,28,32)/t20-,21-,23+,24-/m0/s1. The van der Waals surface area contributed by atoms with E-state index in [1.54, 1.807) is 24.1 Å². The highest BCUT2D eigenvalue weighted by atomic mass is 16.5. The van der Waals surface area contributed by atoms with Crippen molar-refractivity contribution < 1.29 is 14.6 Å². The molecular formula is C26H28N4O4. The van der Waals surface area contributed by atoms with Crippen LogP contribution in [0, 0.1) is 11.8 Å². The number of rotatable bonds is 6. The van der Waals surface area contributed by atoms with Crippen LogP contribution in [0.4, 0.5) is 0 Å². The summed E-state index contributed by atoms with van der Waals surface area (Å²) in [6.07, 6.45) is 3.34. The van der Waals surface area contributed by atoms with Crippen molar-refractivity contribution in [3.8, 4) is 16.9 Å². The molecule has 1 aromatic carbocycles. The topological polar surface area (TPSA) is 96.7 Å². The SMILES string of the molecule is COc1cccc(CNC(=O)[C@@H]2[C@@H](CO)[C@@H]3Cn4c(ccc(-c5ccncc5)c4=O)[C@@H]3N2C)c1. The van der Waals surface area contributed by atoms with Crippen molar-refractivity contribution in [2.75, 3.05) is 20.8 Å². The Bertz CT molecular complexity index is 1260. The fraction of sp³-hybridized carbons (Fsp3) is 0.346. The van der Waals surface area contributed by atoms with Gasteiger partial charge in [0.1, 0.15) is 5.75 Å². The lowest BCUT2D eigenvalue weighted by molar-refractivity contribution is -0.127. The summed E-state index contributed by atoms with van der Waals surface area (Å²) in [5.41, 5.74) is 3.23. The van der Waals surface area contributed by atoms with Crippen LogP contribution in [0.3, 0.4) is 0 Å².